The molecule has 0 aliphatic carbocycles. The molecule has 0 fully saturated rings. The molecule has 13 heavy (non-hydrogen) atoms. The van der Waals surface area contributed by atoms with E-state index in [-0.39, 0.29) is 5.57 Å². The van der Waals surface area contributed by atoms with Crippen LogP contribution in [0.5, 0.6) is 0 Å². The lowest BCUT2D eigenvalue weighted by atomic mass is 10.1. The molecular weight excluding hydrogens is 170 g/mol. The van der Waals surface area contributed by atoms with Crippen molar-refractivity contribution in [3.8, 4) is 0 Å². The number of nitrogens with two attached hydrogens (primary N) is 1. The second-order valence-corrected chi connectivity index (χ2v) is 2.43. The van der Waals surface area contributed by atoms with Gasteiger partial charge in [0, 0.05) is 11.6 Å². The molecule has 1 amide bonds. The Morgan fingerprint density at radius 2 is 2.15 bits per heavy atom. The van der Waals surface area contributed by atoms with Crippen LogP contribution in [0.2, 0.25) is 0 Å². The summed E-state index contributed by atoms with van der Waals surface area (Å²) in [7, 11) is 0. The second kappa shape index (κ2) is 5.13. The van der Waals surface area contributed by atoms with Gasteiger partial charge in [-0.3, -0.25) is 4.79 Å². The molecule has 0 radical (unpaired) electrons. The number of amides is 1. The number of primary amides is 1. The fourth-order valence-corrected chi connectivity index (χ4v) is 0.748. The fourth-order valence-electron chi connectivity index (χ4n) is 0.748. The number of hydrogen-bond donors (Lipinski definition) is 1. The summed E-state index contributed by atoms with van der Waals surface area (Å²) in [5.74, 6) is -1.25. The maximum Gasteiger partial charge on any atom is 0.330 e. The van der Waals surface area contributed by atoms with Crippen LogP contribution in [0, 0.1) is 0 Å². The maximum absolute atomic E-state index is 10.8. The predicted molar refractivity (Wildman–Crippen MR) is 48.7 cm³/mol. The smallest absolute Gasteiger partial charge is 0.330 e. The summed E-state index contributed by atoms with van der Waals surface area (Å²) in [6.45, 7) is 8.42. The summed E-state index contributed by atoms with van der Waals surface area (Å²) < 4.78 is 4.81. The SMILES string of the molecule is C=CC(=O)OC(CC)C(=C)C(N)=O. The largest absolute Gasteiger partial charge is 0.454 e. The standard InChI is InChI=1S/C9H13NO3/c1-4-7(6(3)9(10)12)13-8(11)5-2/h5,7H,2-4H2,1H3,(H2,10,12). The van der Waals surface area contributed by atoms with Crippen molar-refractivity contribution in [1.82, 2.24) is 0 Å². The minimum absolute atomic E-state index is 0.0951. The van der Waals surface area contributed by atoms with E-state index in [2.05, 4.69) is 13.2 Å². The Hall–Kier alpha value is -1.58. The van der Waals surface area contributed by atoms with Crippen molar-refractivity contribution >= 4 is 11.9 Å². The first kappa shape index (κ1) is 11.4. The quantitative estimate of drug-likeness (QED) is 0.499. The van der Waals surface area contributed by atoms with E-state index in [1.807, 2.05) is 0 Å². The van der Waals surface area contributed by atoms with E-state index in [1.165, 1.54) is 0 Å². The van der Waals surface area contributed by atoms with Crippen LogP contribution in [0.3, 0.4) is 0 Å². The summed E-state index contributed by atoms with van der Waals surface area (Å²) in [4.78, 5) is 21.4. The van der Waals surface area contributed by atoms with Crippen LogP contribution >= 0.6 is 0 Å². The van der Waals surface area contributed by atoms with Crippen LogP contribution in [0.4, 0.5) is 0 Å². The van der Waals surface area contributed by atoms with Crippen LogP contribution in [-0.2, 0) is 14.3 Å². The van der Waals surface area contributed by atoms with Crippen LogP contribution in [-0.4, -0.2) is 18.0 Å². The Kier molecular flexibility index (Phi) is 4.51. The van der Waals surface area contributed by atoms with Crippen molar-refractivity contribution < 1.29 is 14.3 Å². The Balaban J connectivity index is 4.34. The van der Waals surface area contributed by atoms with Gasteiger partial charge in [-0.05, 0) is 6.42 Å². The highest BCUT2D eigenvalue weighted by molar-refractivity contribution is 5.93. The van der Waals surface area contributed by atoms with Gasteiger partial charge in [0.2, 0.25) is 5.91 Å². The number of esters is 1. The monoisotopic (exact) mass is 183 g/mol. The van der Waals surface area contributed by atoms with Crippen molar-refractivity contribution in [3.63, 3.8) is 0 Å². The van der Waals surface area contributed by atoms with Gasteiger partial charge >= 0.3 is 5.97 Å². The predicted octanol–water partition coefficient (Wildman–Crippen LogP) is 0.536. The van der Waals surface area contributed by atoms with Crippen molar-refractivity contribution in [1.29, 1.82) is 0 Å². The molecular formula is C9H13NO3. The molecule has 2 N–H and O–H groups in total. The molecule has 4 heteroatoms. The maximum atomic E-state index is 10.8. The second-order valence-electron chi connectivity index (χ2n) is 2.43. The minimum Gasteiger partial charge on any atom is -0.454 e. The number of ether oxygens (including phenoxy) is 1. The first-order valence-electron chi connectivity index (χ1n) is 3.84. The summed E-state index contributed by atoms with van der Waals surface area (Å²) in [5.41, 5.74) is 5.07. The van der Waals surface area contributed by atoms with Gasteiger partial charge in [-0.2, -0.15) is 0 Å². The molecule has 0 rings (SSSR count). The van der Waals surface area contributed by atoms with Crippen molar-refractivity contribution in [2.75, 3.05) is 0 Å². The molecule has 1 unspecified atom stereocenters. The van der Waals surface area contributed by atoms with E-state index in [0.29, 0.717) is 6.42 Å². The van der Waals surface area contributed by atoms with E-state index in [0.717, 1.165) is 6.08 Å². The first-order chi connectivity index (χ1) is 6.02. The molecule has 0 saturated heterocycles. The zero-order valence-corrected chi connectivity index (χ0v) is 7.58. The number of carbonyl (C=O) groups excluding carboxylic acids is 2. The van der Waals surface area contributed by atoms with Gasteiger partial charge in [0.1, 0.15) is 6.10 Å². The van der Waals surface area contributed by atoms with Gasteiger partial charge < -0.3 is 10.5 Å². The minimum atomic E-state index is -0.663. The molecule has 0 spiro atoms. The van der Waals surface area contributed by atoms with E-state index in [4.69, 9.17) is 10.5 Å². The van der Waals surface area contributed by atoms with Crippen molar-refractivity contribution in [2.24, 2.45) is 5.73 Å². The molecule has 0 bridgehead atoms. The highest BCUT2D eigenvalue weighted by Gasteiger charge is 2.17. The van der Waals surface area contributed by atoms with Gasteiger partial charge in [-0.15, -0.1) is 0 Å². The summed E-state index contributed by atoms with van der Waals surface area (Å²) in [6.07, 6.45) is 0.834. The topological polar surface area (TPSA) is 69.4 Å². The van der Waals surface area contributed by atoms with Crippen molar-refractivity contribution in [2.45, 2.75) is 19.4 Å². The molecule has 0 aliphatic heterocycles. The van der Waals surface area contributed by atoms with Crippen LogP contribution in [0.15, 0.2) is 24.8 Å². The zero-order chi connectivity index (χ0) is 10.4. The molecule has 0 saturated carbocycles. The zero-order valence-electron chi connectivity index (χ0n) is 7.58. The highest BCUT2D eigenvalue weighted by atomic mass is 16.5. The Morgan fingerprint density at radius 1 is 1.62 bits per heavy atom. The fraction of sp³-hybridized carbons (Fsp3) is 0.333. The molecule has 0 aromatic rings. The van der Waals surface area contributed by atoms with Crippen LogP contribution < -0.4 is 5.73 Å². The lowest BCUT2D eigenvalue weighted by Gasteiger charge is -2.14. The van der Waals surface area contributed by atoms with Gasteiger partial charge in [0.15, 0.2) is 0 Å². The third kappa shape index (κ3) is 3.55. The molecule has 0 aliphatic rings. The van der Waals surface area contributed by atoms with E-state index in [9.17, 15) is 9.59 Å². The van der Waals surface area contributed by atoms with Crippen LogP contribution in [0.25, 0.3) is 0 Å². The average Bonchev–Trinajstić information content (AvgIpc) is 2.12. The highest BCUT2D eigenvalue weighted by Crippen LogP contribution is 2.08. The van der Waals surface area contributed by atoms with Crippen LogP contribution in [0.1, 0.15) is 13.3 Å². The summed E-state index contributed by atoms with van der Waals surface area (Å²) >= 11 is 0. The van der Waals surface area contributed by atoms with E-state index in [1.54, 1.807) is 6.92 Å². The van der Waals surface area contributed by atoms with Gasteiger partial charge in [0.05, 0.1) is 0 Å². The van der Waals surface area contributed by atoms with E-state index < -0.39 is 18.0 Å². The molecule has 0 heterocycles. The average molecular weight is 183 g/mol. The summed E-state index contributed by atoms with van der Waals surface area (Å²) in [6, 6.07) is 0. The third-order valence-electron chi connectivity index (χ3n) is 1.50. The molecule has 0 aromatic carbocycles. The number of carbonyl (C=O) groups is 2. The molecule has 0 aromatic heterocycles. The number of rotatable bonds is 5. The molecule has 4 nitrogen and oxygen atoms in total. The summed E-state index contributed by atoms with van der Waals surface area (Å²) in [5, 5.41) is 0. The lowest BCUT2D eigenvalue weighted by Crippen LogP contribution is -2.27. The van der Waals surface area contributed by atoms with E-state index >= 15 is 0 Å². The third-order valence-corrected chi connectivity index (χ3v) is 1.50. The Labute approximate surface area is 77.1 Å². The normalized spacial score (nSPS) is 11.5. The Morgan fingerprint density at radius 3 is 2.46 bits per heavy atom. The molecule has 72 valence electrons. The van der Waals surface area contributed by atoms with Gasteiger partial charge in [-0.25, -0.2) is 4.79 Å². The first-order valence-corrected chi connectivity index (χ1v) is 3.84. The number of hydrogen-bond acceptors (Lipinski definition) is 3. The van der Waals surface area contributed by atoms with Gasteiger partial charge in [0.25, 0.3) is 0 Å². The van der Waals surface area contributed by atoms with Gasteiger partial charge in [-0.1, -0.05) is 20.1 Å². The molecule has 1 atom stereocenters. The lowest BCUT2D eigenvalue weighted by molar-refractivity contribution is -0.141. The van der Waals surface area contributed by atoms with Crippen molar-refractivity contribution in [3.05, 3.63) is 24.8 Å². The Bertz CT molecular complexity index is 245.